The van der Waals surface area contributed by atoms with Gasteiger partial charge in [0.05, 0.1) is 11.8 Å². The lowest BCUT2D eigenvalue weighted by Crippen LogP contribution is -2.50. The van der Waals surface area contributed by atoms with Gasteiger partial charge in [0, 0.05) is 19.6 Å². The zero-order valence-electron chi connectivity index (χ0n) is 8.71. The molecule has 1 rings (SSSR count). The summed E-state index contributed by atoms with van der Waals surface area (Å²) in [5.74, 6) is 0. The molecule has 1 fully saturated rings. The fourth-order valence-corrected chi connectivity index (χ4v) is 1.36. The quantitative estimate of drug-likeness (QED) is 0.507. The average Bonchev–Trinajstić information content (AvgIpc) is 2.03. The van der Waals surface area contributed by atoms with Crippen LogP contribution in [0, 0.1) is 0 Å². The maximum Gasteiger partial charge on any atom is 0.133 e. The van der Waals surface area contributed by atoms with Crippen LogP contribution in [0.4, 0.5) is 0 Å². The van der Waals surface area contributed by atoms with E-state index in [-0.39, 0.29) is 0 Å². The van der Waals surface area contributed by atoms with E-state index in [0.717, 1.165) is 25.3 Å². The highest BCUT2D eigenvalue weighted by atomic mass is 16.6. The lowest BCUT2D eigenvalue weighted by Gasteiger charge is -2.29. The number of nitrogens with one attached hydrogen (secondary N) is 1. The van der Waals surface area contributed by atoms with E-state index in [0.29, 0.717) is 12.6 Å². The molecular weight excluding hydrogens is 166 g/mol. The van der Waals surface area contributed by atoms with Crippen LogP contribution in [-0.2, 0) is 4.84 Å². The van der Waals surface area contributed by atoms with Crippen LogP contribution in [0.2, 0.25) is 0 Å². The van der Waals surface area contributed by atoms with Crippen LogP contribution >= 0.6 is 0 Å². The molecule has 0 aromatic rings. The molecule has 0 spiro atoms. The van der Waals surface area contributed by atoms with Gasteiger partial charge >= 0.3 is 0 Å². The third-order valence-corrected chi connectivity index (χ3v) is 1.98. The van der Waals surface area contributed by atoms with E-state index < -0.39 is 0 Å². The molecule has 0 aromatic carbocycles. The second-order valence-corrected chi connectivity index (χ2v) is 3.75. The molecule has 0 aliphatic carbocycles. The Hall–Kier alpha value is -0.610. The summed E-state index contributed by atoms with van der Waals surface area (Å²) in [6.07, 6.45) is 0. The van der Waals surface area contributed by atoms with Crippen molar-refractivity contribution in [3.8, 4) is 0 Å². The Kier molecular flexibility index (Phi) is 4.18. The van der Waals surface area contributed by atoms with Crippen molar-refractivity contribution in [2.24, 2.45) is 5.16 Å². The van der Waals surface area contributed by atoms with Gasteiger partial charge < -0.3 is 15.1 Å². The van der Waals surface area contributed by atoms with Gasteiger partial charge in [-0.05, 0) is 20.9 Å². The highest BCUT2D eigenvalue weighted by Gasteiger charge is 2.16. The average molecular weight is 185 g/mol. The second-order valence-electron chi connectivity index (χ2n) is 3.75. The van der Waals surface area contributed by atoms with E-state index in [2.05, 4.69) is 22.4 Å². The van der Waals surface area contributed by atoms with E-state index >= 15 is 0 Å². The highest BCUT2D eigenvalue weighted by Crippen LogP contribution is 1.96. The number of hydrogen-bond donors (Lipinski definition) is 1. The number of piperazine rings is 1. The van der Waals surface area contributed by atoms with Crippen LogP contribution in [0.25, 0.3) is 0 Å². The topological polar surface area (TPSA) is 36.9 Å². The van der Waals surface area contributed by atoms with Crippen molar-refractivity contribution in [2.75, 3.05) is 33.3 Å². The Labute approximate surface area is 79.9 Å². The molecule has 1 aliphatic heterocycles. The molecule has 1 aliphatic rings. The largest absolute Gasteiger partial charge is 0.394 e. The molecule has 1 saturated heterocycles. The molecule has 0 aromatic heterocycles. The molecule has 13 heavy (non-hydrogen) atoms. The lowest BCUT2D eigenvalue weighted by atomic mass is 10.2. The summed E-state index contributed by atoms with van der Waals surface area (Å²) in [4.78, 5) is 7.48. The number of hydrogen-bond acceptors (Lipinski definition) is 4. The molecule has 0 radical (unpaired) electrons. The van der Waals surface area contributed by atoms with Gasteiger partial charge in [0.2, 0.25) is 0 Å². The van der Waals surface area contributed by atoms with Gasteiger partial charge in [-0.15, -0.1) is 0 Å². The van der Waals surface area contributed by atoms with Gasteiger partial charge in [-0.3, -0.25) is 0 Å². The molecule has 1 heterocycles. The molecule has 0 amide bonds. The number of nitrogens with zero attached hydrogens (tertiary/aromatic N) is 2. The van der Waals surface area contributed by atoms with E-state index in [1.807, 2.05) is 13.8 Å². The van der Waals surface area contributed by atoms with Crippen molar-refractivity contribution in [1.82, 2.24) is 10.2 Å². The first-order valence-electron chi connectivity index (χ1n) is 4.73. The fraction of sp³-hybridized carbons (Fsp3) is 0.889. The standard InChI is InChI=1S/C9H19N3O/c1-8(2)11-13-7-9-6-12(3)5-4-10-9/h9-10H,4-7H2,1-3H3/t9-/m1/s1. The summed E-state index contributed by atoms with van der Waals surface area (Å²) in [5.41, 5.74) is 0.962. The van der Waals surface area contributed by atoms with Crippen LogP contribution in [0.3, 0.4) is 0 Å². The van der Waals surface area contributed by atoms with Gasteiger partial charge in [0.1, 0.15) is 6.61 Å². The van der Waals surface area contributed by atoms with Crippen molar-refractivity contribution in [2.45, 2.75) is 19.9 Å². The van der Waals surface area contributed by atoms with E-state index in [4.69, 9.17) is 4.84 Å². The maximum absolute atomic E-state index is 5.18. The molecule has 0 unspecified atom stereocenters. The molecule has 76 valence electrons. The molecule has 1 N–H and O–H groups in total. The van der Waals surface area contributed by atoms with Crippen molar-refractivity contribution < 1.29 is 4.84 Å². The number of oxime groups is 1. The zero-order chi connectivity index (χ0) is 9.68. The van der Waals surface area contributed by atoms with E-state index in [9.17, 15) is 0 Å². The summed E-state index contributed by atoms with van der Waals surface area (Å²) in [6, 6.07) is 0.418. The Morgan fingerprint density at radius 3 is 3.00 bits per heavy atom. The fourth-order valence-electron chi connectivity index (χ4n) is 1.36. The third kappa shape index (κ3) is 4.24. The van der Waals surface area contributed by atoms with Crippen LogP contribution in [0.5, 0.6) is 0 Å². The zero-order valence-corrected chi connectivity index (χ0v) is 8.71. The molecule has 4 nitrogen and oxygen atoms in total. The molecule has 0 bridgehead atoms. The van der Waals surface area contributed by atoms with Crippen LogP contribution in [0.1, 0.15) is 13.8 Å². The van der Waals surface area contributed by atoms with Crippen molar-refractivity contribution in [3.63, 3.8) is 0 Å². The van der Waals surface area contributed by atoms with E-state index in [1.54, 1.807) is 0 Å². The summed E-state index contributed by atoms with van der Waals surface area (Å²) < 4.78 is 0. The van der Waals surface area contributed by atoms with Crippen molar-refractivity contribution in [1.29, 1.82) is 0 Å². The minimum absolute atomic E-state index is 0.418. The van der Waals surface area contributed by atoms with Crippen LogP contribution < -0.4 is 5.32 Å². The Bertz CT molecular complexity index is 178. The van der Waals surface area contributed by atoms with Gasteiger partial charge in [-0.1, -0.05) is 5.16 Å². The second kappa shape index (κ2) is 5.19. The third-order valence-electron chi connectivity index (χ3n) is 1.98. The lowest BCUT2D eigenvalue weighted by molar-refractivity contribution is 0.0934. The first kappa shape index (κ1) is 10.5. The molecular formula is C9H19N3O. The van der Waals surface area contributed by atoms with Crippen molar-refractivity contribution >= 4 is 5.71 Å². The summed E-state index contributed by atoms with van der Waals surface area (Å²) in [7, 11) is 2.13. The minimum atomic E-state index is 0.418. The maximum atomic E-state index is 5.18. The molecule has 4 heteroatoms. The van der Waals surface area contributed by atoms with Crippen LogP contribution in [0.15, 0.2) is 5.16 Å². The predicted octanol–water partition coefficient (Wildman–Crippen LogP) is 0.302. The Balaban J connectivity index is 2.17. The normalized spacial score (nSPS) is 24.1. The Morgan fingerprint density at radius 1 is 1.62 bits per heavy atom. The Morgan fingerprint density at radius 2 is 2.38 bits per heavy atom. The monoisotopic (exact) mass is 185 g/mol. The van der Waals surface area contributed by atoms with Gasteiger partial charge in [0.15, 0.2) is 0 Å². The predicted molar refractivity (Wildman–Crippen MR) is 54.0 cm³/mol. The van der Waals surface area contributed by atoms with Gasteiger partial charge in [-0.25, -0.2) is 0 Å². The summed E-state index contributed by atoms with van der Waals surface area (Å²) >= 11 is 0. The number of rotatable bonds is 3. The highest BCUT2D eigenvalue weighted by molar-refractivity contribution is 5.78. The van der Waals surface area contributed by atoms with Crippen molar-refractivity contribution in [3.05, 3.63) is 0 Å². The van der Waals surface area contributed by atoms with E-state index in [1.165, 1.54) is 0 Å². The summed E-state index contributed by atoms with van der Waals surface area (Å²) in [5, 5.41) is 7.29. The molecule has 1 atom stereocenters. The first-order valence-corrected chi connectivity index (χ1v) is 4.73. The van der Waals surface area contributed by atoms with Gasteiger partial charge in [-0.2, -0.15) is 0 Å². The number of likely N-dealkylation sites (N-methyl/N-ethyl adjacent to an activating group) is 1. The molecule has 0 saturated carbocycles. The smallest absolute Gasteiger partial charge is 0.133 e. The first-order chi connectivity index (χ1) is 6.18. The van der Waals surface area contributed by atoms with Crippen LogP contribution in [-0.4, -0.2) is 49.9 Å². The summed E-state index contributed by atoms with van der Waals surface area (Å²) in [6.45, 7) is 7.72. The SMILES string of the molecule is CC(C)=NOC[C@H]1CN(C)CCN1. The van der Waals surface area contributed by atoms with Gasteiger partial charge in [0.25, 0.3) is 0 Å². The minimum Gasteiger partial charge on any atom is -0.394 e.